The molecule has 0 fully saturated rings. The molecular formula is C17H17NO2S. The van der Waals surface area contributed by atoms with Crippen LogP contribution in [0.3, 0.4) is 0 Å². The molecule has 0 bridgehead atoms. The van der Waals surface area contributed by atoms with Crippen molar-refractivity contribution in [2.45, 2.75) is 17.2 Å². The number of benzene rings is 1. The molecule has 1 aromatic carbocycles. The molecule has 3 nitrogen and oxygen atoms in total. The van der Waals surface area contributed by atoms with Crippen LogP contribution in [0.5, 0.6) is 5.75 Å². The zero-order chi connectivity index (χ0) is 14.9. The molecule has 4 heteroatoms. The summed E-state index contributed by atoms with van der Waals surface area (Å²) in [6.07, 6.45) is 2.28. The summed E-state index contributed by atoms with van der Waals surface area (Å²) in [6, 6.07) is 11.8. The predicted octanol–water partition coefficient (Wildman–Crippen LogP) is 3.12. The van der Waals surface area contributed by atoms with E-state index in [1.54, 1.807) is 25.1 Å². The fraction of sp³-hybridized carbons (Fsp3) is 0.235. The van der Waals surface area contributed by atoms with Crippen molar-refractivity contribution in [3.05, 3.63) is 53.7 Å². The maximum atomic E-state index is 8.76. The maximum Gasteiger partial charge on any atom is 0.122 e. The number of aliphatic hydroxyl groups is 1. The summed E-state index contributed by atoms with van der Waals surface area (Å²) in [6.45, 7) is 0.0888. The smallest absolute Gasteiger partial charge is 0.122 e. The Bertz CT molecular complexity index is 632. The van der Waals surface area contributed by atoms with Gasteiger partial charge in [-0.1, -0.05) is 17.9 Å². The fourth-order valence-electron chi connectivity index (χ4n) is 1.77. The summed E-state index contributed by atoms with van der Waals surface area (Å²) in [5, 5.41) is 9.74. The Morgan fingerprint density at radius 1 is 1.29 bits per heavy atom. The fourth-order valence-corrected chi connectivity index (χ4v) is 2.61. The highest BCUT2D eigenvalue weighted by molar-refractivity contribution is 7.98. The number of hydrogen-bond donors (Lipinski definition) is 1. The number of aliphatic hydroxyl groups excluding tert-OH is 1. The largest absolute Gasteiger partial charge is 0.496 e. The molecule has 1 N–H and O–H groups in total. The summed E-state index contributed by atoms with van der Waals surface area (Å²) in [5.41, 5.74) is 2.02. The Morgan fingerprint density at radius 3 is 2.90 bits per heavy atom. The van der Waals surface area contributed by atoms with Crippen molar-refractivity contribution >= 4 is 11.8 Å². The van der Waals surface area contributed by atoms with Crippen molar-refractivity contribution in [1.82, 2.24) is 4.98 Å². The lowest BCUT2D eigenvalue weighted by atomic mass is 10.1. The number of rotatable bonds is 5. The molecule has 2 aromatic rings. The van der Waals surface area contributed by atoms with E-state index in [-0.39, 0.29) is 6.61 Å². The molecule has 0 spiro atoms. The van der Waals surface area contributed by atoms with Gasteiger partial charge in [0.25, 0.3) is 0 Å². The van der Waals surface area contributed by atoms with Gasteiger partial charge in [0.2, 0.25) is 0 Å². The van der Waals surface area contributed by atoms with Gasteiger partial charge in [0.05, 0.1) is 18.7 Å². The average molecular weight is 299 g/mol. The number of hydrogen-bond acceptors (Lipinski definition) is 4. The number of thioether (sulfide) groups is 1. The zero-order valence-corrected chi connectivity index (χ0v) is 12.7. The van der Waals surface area contributed by atoms with Crippen LogP contribution in [0.2, 0.25) is 0 Å². The average Bonchev–Trinajstić information content (AvgIpc) is 2.54. The van der Waals surface area contributed by atoms with E-state index >= 15 is 0 Å². The highest BCUT2D eigenvalue weighted by Crippen LogP contribution is 2.27. The first-order valence-electron chi connectivity index (χ1n) is 6.64. The zero-order valence-electron chi connectivity index (χ0n) is 11.9. The van der Waals surface area contributed by atoms with Gasteiger partial charge in [0, 0.05) is 29.5 Å². The van der Waals surface area contributed by atoms with Crippen LogP contribution in [-0.2, 0) is 5.75 Å². The van der Waals surface area contributed by atoms with Crippen LogP contribution < -0.4 is 4.74 Å². The molecule has 108 valence electrons. The highest BCUT2D eigenvalue weighted by atomic mass is 32.2. The van der Waals surface area contributed by atoms with Crippen LogP contribution in [0, 0.1) is 11.8 Å². The normalized spacial score (nSPS) is 9.81. The van der Waals surface area contributed by atoms with Crippen molar-refractivity contribution in [3.8, 4) is 17.6 Å². The Morgan fingerprint density at radius 2 is 2.19 bits per heavy atom. The number of pyridine rings is 1. The van der Waals surface area contributed by atoms with Crippen LogP contribution in [0.1, 0.15) is 17.5 Å². The topological polar surface area (TPSA) is 42.4 Å². The minimum atomic E-state index is 0.0888. The van der Waals surface area contributed by atoms with E-state index in [4.69, 9.17) is 9.84 Å². The van der Waals surface area contributed by atoms with Crippen LogP contribution >= 0.6 is 11.8 Å². The standard InChI is InChI=1S/C17H17NO2S/c1-20-16-9-8-14(6-3-5-11-19)12-15(16)13-21-17-7-2-4-10-18-17/h2,4,7-10,12,19H,5,11,13H2,1H3. The second kappa shape index (κ2) is 8.35. The quantitative estimate of drug-likeness (QED) is 0.680. The number of aromatic nitrogens is 1. The van der Waals surface area contributed by atoms with Crippen LogP contribution in [-0.4, -0.2) is 23.8 Å². The lowest BCUT2D eigenvalue weighted by Gasteiger charge is -2.08. The maximum absolute atomic E-state index is 8.76. The molecule has 0 unspecified atom stereocenters. The molecule has 1 aromatic heterocycles. The molecule has 0 saturated heterocycles. The van der Waals surface area contributed by atoms with E-state index in [0.717, 1.165) is 27.7 Å². The van der Waals surface area contributed by atoms with Crippen LogP contribution in [0.25, 0.3) is 0 Å². The van der Waals surface area contributed by atoms with Crippen LogP contribution in [0.4, 0.5) is 0 Å². The minimum absolute atomic E-state index is 0.0888. The third-order valence-corrected chi connectivity index (χ3v) is 3.76. The third-order valence-electron chi connectivity index (χ3n) is 2.76. The third kappa shape index (κ3) is 4.82. The summed E-state index contributed by atoms with van der Waals surface area (Å²) in [5.74, 6) is 7.60. The van der Waals surface area contributed by atoms with E-state index in [0.29, 0.717) is 6.42 Å². The minimum Gasteiger partial charge on any atom is -0.496 e. The van der Waals surface area contributed by atoms with Gasteiger partial charge in [0.15, 0.2) is 0 Å². The summed E-state index contributed by atoms with van der Waals surface area (Å²) < 4.78 is 5.39. The van der Waals surface area contributed by atoms with Crippen molar-refractivity contribution in [2.75, 3.05) is 13.7 Å². The van der Waals surface area contributed by atoms with Gasteiger partial charge in [0.1, 0.15) is 5.75 Å². The SMILES string of the molecule is COc1ccc(C#CCCO)cc1CSc1ccccn1. The van der Waals surface area contributed by atoms with E-state index in [1.165, 1.54) is 0 Å². The van der Waals surface area contributed by atoms with Crippen molar-refractivity contribution in [2.24, 2.45) is 0 Å². The monoisotopic (exact) mass is 299 g/mol. The molecule has 0 aliphatic carbocycles. The van der Waals surface area contributed by atoms with Crippen LogP contribution in [0.15, 0.2) is 47.6 Å². The van der Waals surface area contributed by atoms with Gasteiger partial charge in [-0.25, -0.2) is 4.98 Å². The molecule has 0 atom stereocenters. The second-order valence-electron chi connectivity index (χ2n) is 4.26. The molecule has 0 aliphatic rings. The highest BCUT2D eigenvalue weighted by Gasteiger charge is 2.05. The van der Waals surface area contributed by atoms with Gasteiger partial charge in [-0.15, -0.1) is 11.8 Å². The summed E-state index contributed by atoms with van der Waals surface area (Å²) in [7, 11) is 1.67. The van der Waals surface area contributed by atoms with Gasteiger partial charge in [-0.05, 0) is 30.3 Å². The first-order valence-corrected chi connectivity index (χ1v) is 7.62. The molecular weight excluding hydrogens is 282 g/mol. The van der Waals surface area contributed by atoms with Gasteiger partial charge >= 0.3 is 0 Å². The number of methoxy groups -OCH3 is 1. The molecule has 1 heterocycles. The van der Waals surface area contributed by atoms with Gasteiger partial charge in [-0.3, -0.25) is 0 Å². The molecule has 0 saturated carbocycles. The molecule has 2 rings (SSSR count). The molecule has 21 heavy (non-hydrogen) atoms. The second-order valence-corrected chi connectivity index (χ2v) is 5.25. The summed E-state index contributed by atoms with van der Waals surface area (Å²) in [4.78, 5) is 4.30. The Hall–Kier alpha value is -1.96. The lowest BCUT2D eigenvalue weighted by molar-refractivity contribution is 0.305. The lowest BCUT2D eigenvalue weighted by Crippen LogP contribution is -1.92. The van der Waals surface area contributed by atoms with E-state index in [2.05, 4.69) is 16.8 Å². The van der Waals surface area contributed by atoms with Gasteiger partial charge in [-0.2, -0.15) is 0 Å². The van der Waals surface area contributed by atoms with E-state index in [9.17, 15) is 0 Å². The van der Waals surface area contributed by atoms with E-state index in [1.807, 2.05) is 36.4 Å². The number of nitrogens with zero attached hydrogens (tertiary/aromatic N) is 1. The Kier molecular flexibility index (Phi) is 6.14. The summed E-state index contributed by atoms with van der Waals surface area (Å²) >= 11 is 1.66. The number of ether oxygens (including phenoxy) is 1. The Labute approximate surface area is 129 Å². The molecule has 0 amide bonds. The van der Waals surface area contributed by atoms with Crippen molar-refractivity contribution < 1.29 is 9.84 Å². The first-order chi connectivity index (χ1) is 10.3. The first kappa shape index (κ1) is 15.4. The van der Waals surface area contributed by atoms with Crippen molar-refractivity contribution in [1.29, 1.82) is 0 Å². The van der Waals surface area contributed by atoms with Gasteiger partial charge < -0.3 is 9.84 Å². The Balaban J connectivity index is 2.13. The van der Waals surface area contributed by atoms with E-state index < -0.39 is 0 Å². The molecule has 0 aliphatic heterocycles. The predicted molar refractivity (Wildman–Crippen MR) is 85.4 cm³/mol. The van der Waals surface area contributed by atoms with Crippen molar-refractivity contribution in [3.63, 3.8) is 0 Å². The molecule has 0 radical (unpaired) electrons.